The van der Waals surface area contributed by atoms with Gasteiger partial charge >= 0.3 is 0 Å². The van der Waals surface area contributed by atoms with E-state index >= 15 is 0 Å². The van der Waals surface area contributed by atoms with Crippen LogP contribution in [0.4, 0.5) is 10.1 Å². The smallest absolute Gasteiger partial charge is 0.229 e. The molecule has 0 atom stereocenters. The predicted molar refractivity (Wildman–Crippen MR) is 103 cm³/mol. The van der Waals surface area contributed by atoms with Crippen LogP contribution in [-0.4, -0.2) is 37.0 Å². The summed E-state index contributed by atoms with van der Waals surface area (Å²) in [5.74, 6) is -0.249. The number of nitrogens with one attached hydrogen (secondary N) is 1. The Morgan fingerprint density at radius 2 is 1.88 bits per heavy atom. The lowest BCUT2D eigenvalue weighted by Crippen LogP contribution is -2.28. The maximum absolute atomic E-state index is 13.8. The van der Waals surface area contributed by atoms with E-state index in [0.29, 0.717) is 18.0 Å². The summed E-state index contributed by atoms with van der Waals surface area (Å²) in [6.07, 6.45) is -0.140. The lowest BCUT2D eigenvalue weighted by atomic mass is 10.1. The fourth-order valence-corrected chi connectivity index (χ4v) is 2.81. The number of amides is 1. The third-order valence-electron chi connectivity index (χ3n) is 4.12. The zero-order valence-electron chi connectivity index (χ0n) is 15.1. The highest BCUT2D eigenvalue weighted by Crippen LogP contribution is 2.25. The van der Waals surface area contributed by atoms with E-state index in [2.05, 4.69) is 24.1 Å². The van der Waals surface area contributed by atoms with Crippen molar-refractivity contribution >= 4 is 23.2 Å². The minimum absolute atomic E-state index is 0.140. The van der Waals surface area contributed by atoms with Crippen LogP contribution in [0.3, 0.4) is 0 Å². The highest BCUT2D eigenvalue weighted by atomic mass is 35.5. The van der Waals surface area contributed by atoms with Crippen molar-refractivity contribution in [3.8, 4) is 5.75 Å². The summed E-state index contributed by atoms with van der Waals surface area (Å²) in [6.45, 7) is 7.45. The lowest BCUT2D eigenvalue weighted by Gasteiger charge is -2.19. The van der Waals surface area contributed by atoms with E-state index < -0.39 is 5.82 Å². The normalized spacial score (nSPS) is 10.8. The molecule has 0 saturated carbocycles. The number of ether oxygens (including phenoxy) is 1. The Hall–Kier alpha value is -2.11. The van der Waals surface area contributed by atoms with Crippen molar-refractivity contribution in [3.05, 3.63) is 58.9 Å². The second-order valence-electron chi connectivity index (χ2n) is 5.80. The van der Waals surface area contributed by atoms with Gasteiger partial charge in [-0.2, -0.15) is 0 Å². The minimum Gasteiger partial charge on any atom is -0.490 e. The Kier molecular flexibility index (Phi) is 7.88. The molecular formula is C20H24ClFN2O2. The standard InChI is InChI=1S/C20H24ClFN2O2/c1-3-24(4-2)12-13-26-19-11-6-5-10-18(19)23-20(25)14-15-16(21)8-7-9-17(15)22/h5-11H,3-4,12-14H2,1-2H3,(H,23,25). The Morgan fingerprint density at radius 1 is 1.15 bits per heavy atom. The molecule has 2 rings (SSSR count). The van der Waals surface area contributed by atoms with Gasteiger partial charge in [0, 0.05) is 17.1 Å². The molecule has 140 valence electrons. The molecule has 1 N–H and O–H groups in total. The molecule has 2 aromatic rings. The highest BCUT2D eigenvalue weighted by molar-refractivity contribution is 6.31. The van der Waals surface area contributed by atoms with Crippen LogP contribution in [0.5, 0.6) is 5.75 Å². The topological polar surface area (TPSA) is 41.6 Å². The van der Waals surface area contributed by atoms with Crippen LogP contribution in [0.2, 0.25) is 5.02 Å². The summed E-state index contributed by atoms with van der Waals surface area (Å²) >= 11 is 5.98. The zero-order valence-corrected chi connectivity index (χ0v) is 15.9. The monoisotopic (exact) mass is 378 g/mol. The van der Waals surface area contributed by atoms with E-state index in [1.54, 1.807) is 18.2 Å². The van der Waals surface area contributed by atoms with Crippen LogP contribution in [-0.2, 0) is 11.2 Å². The van der Waals surface area contributed by atoms with Crippen molar-refractivity contribution in [1.82, 2.24) is 4.90 Å². The number of nitrogens with zero attached hydrogens (tertiary/aromatic N) is 1. The number of hydrogen-bond acceptors (Lipinski definition) is 3. The van der Waals surface area contributed by atoms with Gasteiger partial charge in [0.05, 0.1) is 12.1 Å². The van der Waals surface area contributed by atoms with Gasteiger partial charge in [0.15, 0.2) is 0 Å². The van der Waals surface area contributed by atoms with E-state index in [4.69, 9.17) is 16.3 Å². The first kappa shape index (κ1) is 20.2. The quantitative estimate of drug-likeness (QED) is 0.704. The number of carbonyl (C=O) groups excluding carboxylic acids is 1. The van der Waals surface area contributed by atoms with E-state index in [1.807, 2.05) is 12.1 Å². The molecule has 0 aromatic heterocycles. The Labute approximate surface area is 158 Å². The summed E-state index contributed by atoms with van der Waals surface area (Å²) < 4.78 is 19.7. The molecule has 4 nitrogen and oxygen atoms in total. The number of likely N-dealkylation sites (N-methyl/N-ethyl adjacent to an activating group) is 1. The third kappa shape index (κ3) is 5.71. The first-order chi connectivity index (χ1) is 12.5. The average molecular weight is 379 g/mol. The van der Waals surface area contributed by atoms with Crippen molar-refractivity contribution in [2.24, 2.45) is 0 Å². The van der Waals surface area contributed by atoms with Crippen molar-refractivity contribution in [1.29, 1.82) is 0 Å². The molecule has 0 bridgehead atoms. The summed E-state index contributed by atoms with van der Waals surface area (Å²) in [4.78, 5) is 14.6. The molecule has 6 heteroatoms. The number of anilines is 1. The highest BCUT2D eigenvalue weighted by Gasteiger charge is 2.14. The van der Waals surface area contributed by atoms with Crippen LogP contribution in [0.1, 0.15) is 19.4 Å². The van der Waals surface area contributed by atoms with Gasteiger partial charge in [-0.05, 0) is 37.4 Å². The van der Waals surface area contributed by atoms with Crippen LogP contribution in [0.25, 0.3) is 0 Å². The largest absolute Gasteiger partial charge is 0.490 e. The van der Waals surface area contributed by atoms with Gasteiger partial charge in [-0.1, -0.05) is 43.6 Å². The molecule has 0 fully saturated rings. The fourth-order valence-electron chi connectivity index (χ4n) is 2.58. The number of rotatable bonds is 9. The molecule has 26 heavy (non-hydrogen) atoms. The van der Waals surface area contributed by atoms with Crippen LogP contribution in [0, 0.1) is 5.82 Å². The van der Waals surface area contributed by atoms with Crippen molar-refractivity contribution in [3.63, 3.8) is 0 Å². The number of halogens is 2. The van der Waals surface area contributed by atoms with Gasteiger partial charge in [0.1, 0.15) is 18.2 Å². The molecule has 0 radical (unpaired) electrons. The fraction of sp³-hybridized carbons (Fsp3) is 0.350. The van der Waals surface area contributed by atoms with Gasteiger partial charge in [0.2, 0.25) is 5.91 Å². The second-order valence-corrected chi connectivity index (χ2v) is 6.20. The third-order valence-corrected chi connectivity index (χ3v) is 4.47. The van der Waals surface area contributed by atoms with E-state index in [-0.39, 0.29) is 22.9 Å². The second kappa shape index (κ2) is 10.1. The summed E-state index contributed by atoms with van der Waals surface area (Å²) in [5, 5.41) is 3.02. The molecule has 0 unspecified atom stereocenters. The number of carbonyl (C=O) groups is 1. The average Bonchev–Trinajstić information content (AvgIpc) is 2.63. The molecule has 0 aliphatic rings. The van der Waals surface area contributed by atoms with Crippen LogP contribution >= 0.6 is 11.6 Å². The Morgan fingerprint density at radius 3 is 2.58 bits per heavy atom. The first-order valence-corrected chi connectivity index (χ1v) is 9.09. The van der Waals surface area contributed by atoms with Gasteiger partial charge in [-0.25, -0.2) is 4.39 Å². The van der Waals surface area contributed by atoms with E-state index in [9.17, 15) is 9.18 Å². The van der Waals surface area contributed by atoms with E-state index in [1.165, 1.54) is 12.1 Å². The molecule has 0 heterocycles. The minimum atomic E-state index is -0.489. The molecular weight excluding hydrogens is 355 g/mol. The maximum Gasteiger partial charge on any atom is 0.229 e. The van der Waals surface area contributed by atoms with Gasteiger partial charge in [0.25, 0.3) is 0 Å². The Balaban J connectivity index is 1.99. The molecule has 0 aliphatic carbocycles. The SMILES string of the molecule is CCN(CC)CCOc1ccccc1NC(=O)Cc1c(F)cccc1Cl. The Bertz CT molecular complexity index is 715. The zero-order chi connectivity index (χ0) is 18.9. The predicted octanol–water partition coefficient (Wildman–Crippen LogP) is 4.38. The molecule has 0 saturated heterocycles. The van der Waals surface area contributed by atoms with E-state index in [0.717, 1.165) is 19.6 Å². The molecule has 1 amide bonds. The van der Waals surface area contributed by atoms with Crippen LogP contribution < -0.4 is 10.1 Å². The molecule has 0 aliphatic heterocycles. The van der Waals surface area contributed by atoms with Gasteiger partial charge in [-0.3, -0.25) is 4.79 Å². The first-order valence-electron chi connectivity index (χ1n) is 8.72. The number of para-hydroxylation sites is 2. The van der Waals surface area contributed by atoms with Crippen molar-refractivity contribution in [2.75, 3.05) is 31.6 Å². The molecule has 0 spiro atoms. The summed E-state index contributed by atoms with van der Waals surface area (Å²) in [6, 6.07) is 11.6. The number of benzene rings is 2. The lowest BCUT2D eigenvalue weighted by molar-refractivity contribution is -0.115. The summed E-state index contributed by atoms with van der Waals surface area (Å²) in [5.41, 5.74) is 0.746. The van der Waals surface area contributed by atoms with Gasteiger partial charge < -0.3 is 15.0 Å². The van der Waals surface area contributed by atoms with Crippen molar-refractivity contribution < 1.29 is 13.9 Å². The van der Waals surface area contributed by atoms with Gasteiger partial charge in [-0.15, -0.1) is 0 Å². The number of hydrogen-bond donors (Lipinski definition) is 1. The van der Waals surface area contributed by atoms with Crippen LogP contribution in [0.15, 0.2) is 42.5 Å². The maximum atomic E-state index is 13.8. The summed E-state index contributed by atoms with van der Waals surface area (Å²) in [7, 11) is 0. The molecule has 2 aromatic carbocycles. The van der Waals surface area contributed by atoms with Crippen molar-refractivity contribution in [2.45, 2.75) is 20.3 Å².